The zero-order chi connectivity index (χ0) is 14.9. The second-order valence-electron chi connectivity index (χ2n) is 4.42. The van der Waals surface area contributed by atoms with E-state index in [1.165, 1.54) is 12.1 Å². The van der Waals surface area contributed by atoms with Crippen LogP contribution in [-0.4, -0.2) is 9.97 Å². The zero-order valence-corrected chi connectivity index (χ0v) is 12.6. The Morgan fingerprint density at radius 3 is 2.60 bits per heavy atom. The summed E-state index contributed by atoms with van der Waals surface area (Å²) in [7, 11) is 0. The Morgan fingerprint density at radius 1 is 1.30 bits per heavy atom. The summed E-state index contributed by atoms with van der Waals surface area (Å²) in [5, 5.41) is 3.40. The Hall–Kier alpha value is -1.72. The minimum absolute atomic E-state index is 0.236. The van der Waals surface area contributed by atoms with Gasteiger partial charge in [0.25, 0.3) is 0 Å². The standard InChI is InChI=1S/C14H13ClFN3S/c1-7-3-12(13(14(17)20)8(2)18-7)19-11-5-9(15)4-10(16)6-11/h3-6H,1-2H3,(H2,17,20)(H,18,19). The first-order chi connectivity index (χ1) is 9.36. The minimum Gasteiger partial charge on any atom is -0.389 e. The molecule has 6 heteroatoms. The summed E-state index contributed by atoms with van der Waals surface area (Å²) in [6.07, 6.45) is 0. The second-order valence-corrected chi connectivity index (χ2v) is 5.30. The Balaban J connectivity index is 2.49. The van der Waals surface area contributed by atoms with Crippen molar-refractivity contribution in [2.75, 3.05) is 5.32 Å². The molecule has 1 heterocycles. The maximum Gasteiger partial charge on any atom is 0.126 e. The summed E-state index contributed by atoms with van der Waals surface area (Å²) < 4.78 is 13.4. The molecule has 0 atom stereocenters. The van der Waals surface area contributed by atoms with E-state index in [2.05, 4.69) is 10.3 Å². The van der Waals surface area contributed by atoms with Crippen LogP contribution in [0.3, 0.4) is 0 Å². The number of hydrogen-bond acceptors (Lipinski definition) is 3. The normalized spacial score (nSPS) is 10.4. The molecule has 0 bridgehead atoms. The molecule has 1 aromatic carbocycles. The molecule has 2 aromatic rings. The molecule has 0 fully saturated rings. The average molecular weight is 310 g/mol. The number of anilines is 2. The number of aromatic nitrogens is 1. The molecule has 0 radical (unpaired) electrons. The fourth-order valence-electron chi connectivity index (χ4n) is 2.02. The van der Waals surface area contributed by atoms with Gasteiger partial charge in [-0.15, -0.1) is 0 Å². The molecule has 104 valence electrons. The number of rotatable bonds is 3. The molecule has 0 aliphatic carbocycles. The number of pyridine rings is 1. The van der Waals surface area contributed by atoms with Gasteiger partial charge in [0.1, 0.15) is 10.8 Å². The first-order valence-corrected chi connectivity index (χ1v) is 6.66. The molecule has 3 nitrogen and oxygen atoms in total. The molecule has 0 saturated heterocycles. The van der Waals surface area contributed by atoms with E-state index < -0.39 is 5.82 Å². The smallest absolute Gasteiger partial charge is 0.126 e. The Kier molecular flexibility index (Phi) is 4.20. The summed E-state index contributed by atoms with van der Waals surface area (Å²) in [6.45, 7) is 3.69. The molecule has 0 aliphatic rings. The first kappa shape index (κ1) is 14.7. The van der Waals surface area contributed by atoms with E-state index in [0.717, 1.165) is 11.4 Å². The van der Waals surface area contributed by atoms with Crippen molar-refractivity contribution in [2.24, 2.45) is 5.73 Å². The fourth-order valence-corrected chi connectivity index (χ4v) is 2.50. The van der Waals surface area contributed by atoms with Crippen molar-refractivity contribution in [3.63, 3.8) is 0 Å². The lowest BCUT2D eigenvalue weighted by molar-refractivity contribution is 0.628. The van der Waals surface area contributed by atoms with Crippen molar-refractivity contribution in [3.05, 3.63) is 52.1 Å². The summed E-state index contributed by atoms with van der Waals surface area (Å²) in [4.78, 5) is 4.56. The van der Waals surface area contributed by atoms with Crippen molar-refractivity contribution in [3.8, 4) is 0 Å². The van der Waals surface area contributed by atoms with Gasteiger partial charge in [-0.1, -0.05) is 23.8 Å². The van der Waals surface area contributed by atoms with E-state index in [1.807, 2.05) is 13.8 Å². The molecule has 1 aromatic heterocycles. The number of aryl methyl sites for hydroxylation is 2. The molecule has 0 spiro atoms. The lowest BCUT2D eigenvalue weighted by Gasteiger charge is -2.14. The summed E-state index contributed by atoms with van der Waals surface area (Å²) in [5.41, 5.74) is 9.12. The largest absolute Gasteiger partial charge is 0.389 e. The Bertz CT molecular complexity index is 668. The van der Waals surface area contributed by atoms with Crippen LogP contribution >= 0.6 is 23.8 Å². The van der Waals surface area contributed by atoms with Crippen molar-refractivity contribution in [1.29, 1.82) is 0 Å². The number of nitrogens with one attached hydrogen (secondary N) is 1. The summed E-state index contributed by atoms with van der Waals surface area (Å²) in [5.74, 6) is -0.417. The molecule has 20 heavy (non-hydrogen) atoms. The zero-order valence-electron chi connectivity index (χ0n) is 11.0. The molecule has 0 amide bonds. The van der Waals surface area contributed by atoms with Gasteiger partial charge in [-0.05, 0) is 38.1 Å². The van der Waals surface area contributed by atoms with Gasteiger partial charge in [-0.2, -0.15) is 0 Å². The van der Waals surface area contributed by atoms with Crippen LogP contribution in [0.5, 0.6) is 0 Å². The van der Waals surface area contributed by atoms with Crippen LogP contribution in [0, 0.1) is 19.7 Å². The van der Waals surface area contributed by atoms with Crippen molar-refractivity contribution >= 4 is 40.2 Å². The second kappa shape index (κ2) is 5.73. The van der Waals surface area contributed by atoms with Crippen LogP contribution in [0.15, 0.2) is 24.3 Å². The quantitative estimate of drug-likeness (QED) is 0.845. The molecule has 3 N–H and O–H groups in total. The van der Waals surface area contributed by atoms with Crippen molar-refractivity contribution < 1.29 is 4.39 Å². The molecular formula is C14H13ClFN3S. The van der Waals surface area contributed by atoms with E-state index in [4.69, 9.17) is 29.6 Å². The number of nitrogens with zero attached hydrogens (tertiary/aromatic N) is 1. The maximum absolute atomic E-state index is 13.4. The first-order valence-electron chi connectivity index (χ1n) is 5.88. The van der Waals surface area contributed by atoms with Crippen LogP contribution in [0.2, 0.25) is 5.02 Å². The third-order valence-electron chi connectivity index (χ3n) is 2.72. The fraction of sp³-hybridized carbons (Fsp3) is 0.143. The van der Waals surface area contributed by atoms with Gasteiger partial charge in [-0.25, -0.2) is 4.39 Å². The average Bonchev–Trinajstić information content (AvgIpc) is 2.25. The van der Waals surface area contributed by atoms with Gasteiger partial charge in [0, 0.05) is 22.1 Å². The topological polar surface area (TPSA) is 50.9 Å². The van der Waals surface area contributed by atoms with Crippen LogP contribution in [0.4, 0.5) is 15.8 Å². The van der Waals surface area contributed by atoms with Crippen LogP contribution in [0.1, 0.15) is 17.0 Å². The van der Waals surface area contributed by atoms with Gasteiger partial charge >= 0.3 is 0 Å². The molecular weight excluding hydrogens is 297 g/mol. The monoisotopic (exact) mass is 309 g/mol. The van der Waals surface area contributed by atoms with Gasteiger partial charge < -0.3 is 11.1 Å². The van der Waals surface area contributed by atoms with Gasteiger partial charge in [0.05, 0.1) is 11.3 Å². The predicted octanol–water partition coefficient (Wildman–Crippen LogP) is 3.87. The number of benzene rings is 1. The highest BCUT2D eigenvalue weighted by Crippen LogP contribution is 2.26. The van der Waals surface area contributed by atoms with E-state index in [0.29, 0.717) is 22.0 Å². The summed E-state index contributed by atoms with van der Waals surface area (Å²) >= 11 is 10.9. The molecule has 0 saturated carbocycles. The lowest BCUT2D eigenvalue weighted by atomic mass is 10.1. The third-order valence-corrected chi connectivity index (χ3v) is 3.14. The van der Waals surface area contributed by atoms with Gasteiger partial charge in [0.15, 0.2) is 0 Å². The maximum atomic E-state index is 13.4. The van der Waals surface area contributed by atoms with Crippen molar-refractivity contribution in [2.45, 2.75) is 13.8 Å². The molecule has 2 rings (SSSR count). The van der Waals surface area contributed by atoms with Crippen LogP contribution in [-0.2, 0) is 0 Å². The lowest BCUT2D eigenvalue weighted by Crippen LogP contribution is -2.15. The van der Waals surface area contributed by atoms with E-state index in [9.17, 15) is 4.39 Å². The predicted molar refractivity (Wildman–Crippen MR) is 84.3 cm³/mol. The number of hydrogen-bond donors (Lipinski definition) is 2. The number of halogens is 2. The third kappa shape index (κ3) is 3.23. The van der Waals surface area contributed by atoms with Crippen molar-refractivity contribution in [1.82, 2.24) is 4.98 Å². The van der Waals surface area contributed by atoms with Crippen LogP contribution < -0.4 is 11.1 Å². The minimum atomic E-state index is -0.417. The van der Waals surface area contributed by atoms with Gasteiger partial charge in [-0.3, -0.25) is 4.98 Å². The Labute approximate surface area is 127 Å². The van der Waals surface area contributed by atoms with Crippen LogP contribution in [0.25, 0.3) is 0 Å². The highest BCUT2D eigenvalue weighted by Gasteiger charge is 2.12. The highest BCUT2D eigenvalue weighted by atomic mass is 35.5. The van der Waals surface area contributed by atoms with E-state index in [1.54, 1.807) is 12.1 Å². The highest BCUT2D eigenvalue weighted by molar-refractivity contribution is 7.80. The SMILES string of the molecule is Cc1cc(Nc2cc(F)cc(Cl)c2)c(C(N)=S)c(C)n1. The number of nitrogens with two attached hydrogens (primary N) is 1. The van der Waals surface area contributed by atoms with Gasteiger partial charge in [0.2, 0.25) is 0 Å². The van der Waals surface area contributed by atoms with E-state index in [-0.39, 0.29) is 4.99 Å². The summed E-state index contributed by atoms with van der Waals surface area (Å²) in [6, 6.07) is 6.02. The molecule has 0 aliphatic heterocycles. The number of thiocarbonyl (C=S) groups is 1. The molecule has 0 unspecified atom stereocenters. The Morgan fingerprint density at radius 2 is 2.00 bits per heavy atom. The van der Waals surface area contributed by atoms with E-state index >= 15 is 0 Å².